The maximum atomic E-state index is 8.78. The lowest BCUT2D eigenvalue weighted by atomic mass is 10.1. The van der Waals surface area contributed by atoms with Crippen LogP contribution in [0.1, 0.15) is 36.8 Å². The Labute approximate surface area is 113 Å². The third-order valence-electron chi connectivity index (χ3n) is 3.25. The molecule has 98 valence electrons. The van der Waals surface area contributed by atoms with E-state index in [1.165, 1.54) is 5.56 Å². The molecule has 1 aromatic heterocycles. The number of hydrogen-bond acceptors (Lipinski definition) is 3. The molecule has 0 aliphatic heterocycles. The van der Waals surface area contributed by atoms with Crippen molar-refractivity contribution in [3.63, 3.8) is 0 Å². The van der Waals surface area contributed by atoms with Crippen molar-refractivity contribution < 1.29 is 0 Å². The molecule has 0 fully saturated rings. The summed E-state index contributed by atoms with van der Waals surface area (Å²) in [6, 6.07) is 10.0. The molecule has 4 heteroatoms. The quantitative estimate of drug-likeness (QED) is 0.892. The van der Waals surface area contributed by atoms with Crippen LogP contribution in [0.15, 0.2) is 36.7 Å². The summed E-state index contributed by atoms with van der Waals surface area (Å²) < 4.78 is 2.12. The highest BCUT2D eigenvalue weighted by Crippen LogP contribution is 2.13. The Bertz CT molecular complexity index is 563. The van der Waals surface area contributed by atoms with Crippen molar-refractivity contribution in [2.75, 3.05) is 0 Å². The van der Waals surface area contributed by atoms with Gasteiger partial charge in [-0.2, -0.15) is 5.26 Å². The number of aromatic nitrogens is 2. The molecular weight excluding hydrogens is 236 g/mol. The first-order chi connectivity index (χ1) is 9.24. The number of nitriles is 1. The van der Waals surface area contributed by atoms with Crippen molar-refractivity contribution in [2.24, 2.45) is 0 Å². The molecule has 0 radical (unpaired) electrons. The van der Waals surface area contributed by atoms with Crippen LogP contribution >= 0.6 is 0 Å². The van der Waals surface area contributed by atoms with Crippen LogP contribution in [0.5, 0.6) is 0 Å². The molecule has 1 N–H and O–H groups in total. The summed E-state index contributed by atoms with van der Waals surface area (Å²) in [7, 11) is 0. The highest BCUT2D eigenvalue weighted by atomic mass is 15.1. The SMILES string of the molecule is CCn1ccnc1CNC(C)c1ccc(C#N)cc1. The highest BCUT2D eigenvalue weighted by molar-refractivity contribution is 5.32. The first-order valence-corrected chi connectivity index (χ1v) is 6.48. The summed E-state index contributed by atoms with van der Waals surface area (Å²) in [5.74, 6) is 1.04. The Morgan fingerprint density at radius 1 is 1.37 bits per heavy atom. The van der Waals surface area contributed by atoms with Gasteiger partial charge in [0, 0.05) is 25.0 Å². The third-order valence-corrected chi connectivity index (χ3v) is 3.25. The first kappa shape index (κ1) is 13.3. The molecule has 2 rings (SSSR count). The number of nitrogens with zero attached hydrogens (tertiary/aromatic N) is 3. The number of rotatable bonds is 5. The minimum Gasteiger partial charge on any atom is -0.334 e. The van der Waals surface area contributed by atoms with E-state index in [1.54, 1.807) is 0 Å². The summed E-state index contributed by atoms with van der Waals surface area (Å²) in [6.07, 6.45) is 3.82. The fourth-order valence-corrected chi connectivity index (χ4v) is 2.00. The van der Waals surface area contributed by atoms with Crippen LogP contribution < -0.4 is 5.32 Å². The fraction of sp³-hybridized carbons (Fsp3) is 0.333. The maximum Gasteiger partial charge on any atom is 0.122 e. The zero-order valence-corrected chi connectivity index (χ0v) is 11.3. The molecule has 1 heterocycles. The molecule has 19 heavy (non-hydrogen) atoms. The molecule has 0 aliphatic carbocycles. The van der Waals surface area contributed by atoms with E-state index in [0.717, 1.165) is 18.9 Å². The smallest absolute Gasteiger partial charge is 0.122 e. The molecule has 0 spiro atoms. The van der Waals surface area contributed by atoms with Crippen LogP contribution in [0.4, 0.5) is 0 Å². The molecule has 1 atom stereocenters. The molecule has 1 aromatic carbocycles. The van der Waals surface area contributed by atoms with E-state index in [9.17, 15) is 0 Å². The lowest BCUT2D eigenvalue weighted by molar-refractivity contribution is 0.540. The Morgan fingerprint density at radius 3 is 2.74 bits per heavy atom. The predicted octanol–water partition coefficient (Wildman–Crippen LogP) is 2.63. The van der Waals surface area contributed by atoms with Crippen LogP contribution in [0, 0.1) is 11.3 Å². The van der Waals surface area contributed by atoms with E-state index in [0.29, 0.717) is 5.56 Å². The van der Waals surface area contributed by atoms with Crippen LogP contribution in [0.2, 0.25) is 0 Å². The molecule has 0 bridgehead atoms. The molecule has 1 unspecified atom stereocenters. The van der Waals surface area contributed by atoms with Gasteiger partial charge in [0.15, 0.2) is 0 Å². The molecular formula is C15H18N4. The fourth-order valence-electron chi connectivity index (χ4n) is 2.00. The van der Waals surface area contributed by atoms with Gasteiger partial charge in [0.05, 0.1) is 18.2 Å². The van der Waals surface area contributed by atoms with E-state index >= 15 is 0 Å². The van der Waals surface area contributed by atoms with Crippen LogP contribution in [0.25, 0.3) is 0 Å². The summed E-state index contributed by atoms with van der Waals surface area (Å²) in [4.78, 5) is 4.34. The van der Waals surface area contributed by atoms with Gasteiger partial charge in [-0.25, -0.2) is 4.98 Å². The average Bonchev–Trinajstić information content (AvgIpc) is 2.92. The van der Waals surface area contributed by atoms with Gasteiger partial charge in [-0.15, -0.1) is 0 Å². The molecule has 2 aromatic rings. The van der Waals surface area contributed by atoms with Crippen molar-refractivity contribution in [3.8, 4) is 6.07 Å². The van der Waals surface area contributed by atoms with Gasteiger partial charge < -0.3 is 9.88 Å². The summed E-state index contributed by atoms with van der Waals surface area (Å²) >= 11 is 0. The number of benzene rings is 1. The Hall–Kier alpha value is -2.12. The van der Waals surface area contributed by atoms with Crippen LogP contribution in [-0.2, 0) is 13.1 Å². The van der Waals surface area contributed by atoms with Gasteiger partial charge in [0.2, 0.25) is 0 Å². The lowest BCUT2D eigenvalue weighted by Crippen LogP contribution is -2.20. The standard InChI is InChI=1S/C15H18N4/c1-3-19-9-8-17-15(19)11-18-12(2)14-6-4-13(10-16)5-7-14/h4-9,12,18H,3,11H2,1-2H3. The van der Waals surface area contributed by atoms with Crippen molar-refractivity contribution in [1.82, 2.24) is 14.9 Å². The Balaban J connectivity index is 1.97. The average molecular weight is 254 g/mol. The van der Waals surface area contributed by atoms with Gasteiger partial charge in [-0.05, 0) is 31.5 Å². The predicted molar refractivity (Wildman–Crippen MR) is 74.3 cm³/mol. The third kappa shape index (κ3) is 3.21. The zero-order valence-electron chi connectivity index (χ0n) is 11.3. The van der Waals surface area contributed by atoms with Crippen LogP contribution in [0.3, 0.4) is 0 Å². The lowest BCUT2D eigenvalue weighted by Gasteiger charge is -2.14. The highest BCUT2D eigenvalue weighted by Gasteiger charge is 2.07. The first-order valence-electron chi connectivity index (χ1n) is 6.48. The molecule has 0 amide bonds. The minimum atomic E-state index is 0.231. The molecule has 0 aliphatic rings. The van der Waals surface area contributed by atoms with E-state index in [4.69, 9.17) is 5.26 Å². The Kier molecular flexibility index (Phi) is 4.32. The molecule has 0 saturated carbocycles. The second kappa shape index (κ2) is 6.17. The normalized spacial score (nSPS) is 12.1. The van der Waals surface area contributed by atoms with Gasteiger partial charge >= 0.3 is 0 Å². The summed E-state index contributed by atoms with van der Waals surface area (Å²) in [6.45, 7) is 5.89. The van der Waals surface area contributed by atoms with Gasteiger partial charge in [-0.1, -0.05) is 12.1 Å². The number of hydrogen-bond donors (Lipinski definition) is 1. The van der Waals surface area contributed by atoms with Crippen molar-refractivity contribution in [2.45, 2.75) is 33.0 Å². The van der Waals surface area contributed by atoms with E-state index in [1.807, 2.05) is 36.7 Å². The number of aryl methyl sites for hydroxylation is 1. The number of nitrogens with one attached hydrogen (secondary N) is 1. The minimum absolute atomic E-state index is 0.231. The zero-order chi connectivity index (χ0) is 13.7. The van der Waals surface area contributed by atoms with Crippen LogP contribution in [-0.4, -0.2) is 9.55 Å². The van der Waals surface area contributed by atoms with Crippen molar-refractivity contribution >= 4 is 0 Å². The largest absolute Gasteiger partial charge is 0.334 e. The Morgan fingerprint density at radius 2 is 2.11 bits per heavy atom. The van der Waals surface area contributed by atoms with Crippen molar-refractivity contribution in [3.05, 3.63) is 53.6 Å². The summed E-state index contributed by atoms with van der Waals surface area (Å²) in [5, 5.41) is 12.2. The topological polar surface area (TPSA) is 53.6 Å². The van der Waals surface area contributed by atoms with Gasteiger partial charge in [-0.3, -0.25) is 0 Å². The van der Waals surface area contributed by atoms with Crippen molar-refractivity contribution in [1.29, 1.82) is 5.26 Å². The number of imidazole rings is 1. The monoisotopic (exact) mass is 254 g/mol. The van der Waals surface area contributed by atoms with Gasteiger partial charge in [0.25, 0.3) is 0 Å². The maximum absolute atomic E-state index is 8.78. The molecule has 4 nitrogen and oxygen atoms in total. The molecule has 0 saturated heterocycles. The second-order valence-corrected chi connectivity index (χ2v) is 4.47. The second-order valence-electron chi connectivity index (χ2n) is 4.47. The van der Waals surface area contributed by atoms with Gasteiger partial charge in [0.1, 0.15) is 5.82 Å². The van der Waals surface area contributed by atoms with E-state index in [-0.39, 0.29) is 6.04 Å². The van der Waals surface area contributed by atoms with E-state index < -0.39 is 0 Å². The summed E-state index contributed by atoms with van der Waals surface area (Å²) in [5.41, 5.74) is 1.87. The van der Waals surface area contributed by atoms with E-state index in [2.05, 4.69) is 34.8 Å².